The Morgan fingerprint density at radius 1 is 1.24 bits per heavy atom. The molecule has 1 heterocycles. The number of thioether (sulfide) groups is 1. The number of nitrogens with zero attached hydrogens (tertiary/aromatic N) is 1. The van der Waals surface area contributed by atoms with Gasteiger partial charge in [0.15, 0.2) is 0 Å². The fourth-order valence-corrected chi connectivity index (χ4v) is 2.82. The molecule has 0 saturated carbocycles. The first-order valence-electron chi connectivity index (χ1n) is 6.38. The lowest BCUT2D eigenvalue weighted by Gasteiger charge is -2.26. The number of likely N-dealkylation sites (tertiary alicyclic amines) is 1. The minimum absolute atomic E-state index is 0.263. The Kier molecular flexibility index (Phi) is 7.08. The van der Waals surface area contributed by atoms with E-state index in [2.05, 4.69) is 0 Å². The van der Waals surface area contributed by atoms with Gasteiger partial charge in [-0.3, -0.25) is 10.2 Å². The summed E-state index contributed by atoms with van der Waals surface area (Å²) in [6, 6.07) is 0. The van der Waals surface area contributed by atoms with Gasteiger partial charge in [-0.05, 0) is 37.9 Å². The van der Waals surface area contributed by atoms with E-state index < -0.39 is 0 Å². The predicted molar refractivity (Wildman–Crippen MR) is 73.5 cm³/mol. The molecule has 1 amide bonds. The van der Waals surface area contributed by atoms with Crippen molar-refractivity contribution in [2.45, 2.75) is 38.5 Å². The van der Waals surface area contributed by atoms with Gasteiger partial charge in [-0.15, -0.1) is 0 Å². The molecule has 1 saturated heterocycles. The van der Waals surface area contributed by atoms with Crippen LogP contribution in [0.15, 0.2) is 0 Å². The second-order valence-corrected chi connectivity index (χ2v) is 5.58. The number of rotatable bonds is 7. The molecule has 98 valence electrons. The topological polar surface area (TPSA) is 70.2 Å². The standard InChI is InChI=1S/C12H23N3OS/c13-11(14)6-2-5-9-17-10-12(16)15-7-3-1-4-8-15/h1-10H2,(H3,13,14). The van der Waals surface area contributed by atoms with E-state index in [-0.39, 0.29) is 5.84 Å². The van der Waals surface area contributed by atoms with E-state index in [4.69, 9.17) is 11.1 Å². The first kappa shape index (κ1) is 14.4. The summed E-state index contributed by atoms with van der Waals surface area (Å²) in [7, 11) is 0. The molecule has 1 aliphatic rings. The molecule has 0 unspecified atom stereocenters. The zero-order chi connectivity index (χ0) is 12.5. The highest BCUT2D eigenvalue weighted by Crippen LogP contribution is 2.12. The number of hydrogen-bond acceptors (Lipinski definition) is 3. The molecule has 0 atom stereocenters. The van der Waals surface area contributed by atoms with Gasteiger partial charge >= 0.3 is 0 Å². The number of nitrogens with one attached hydrogen (secondary N) is 1. The fourth-order valence-electron chi connectivity index (χ4n) is 1.91. The van der Waals surface area contributed by atoms with Gasteiger partial charge in [0.05, 0.1) is 11.6 Å². The van der Waals surface area contributed by atoms with Gasteiger partial charge in [-0.25, -0.2) is 0 Å². The Balaban J connectivity index is 1.98. The number of carbonyl (C=O) groups excluding carboxylic acids is 1. The molecule has 0 aromatic carbocycles. The molecule has 0 aromatic rings. The van der Waals surface area contributed by atoms with Gasteiger partial charge in [-0.2, -0.15) is 11.8 Å². The number of amidine groups is 1. The lowest BCUT2D eigenvalue weighted by atomic mass is 10.1. The summed E-state index contributed by atoms with van der Waals surface area (Å²) in [5.74, 6) is 2.16. The maximum absolute atomic E-state index is 11.8. The van der Waals surface area contributed by atoms with Crippen LogP contribution in [-0.2, 0) is 4.79 Å². The second-order valence-electron chi connectivity index (χ2n) is 4.48. The Labute approximate surface area is 108 Å². The number of hydrogen-bond donors (Lipinski definition) is 2. The summed E-state index contributed by atoms with van der Waals surface area (Å²) in [5, 5.41) is 7.09. The van der Waals surface area contributed by atoms with E-state index in [1.54, 1.807) is 11.8 Å². The predicted octanol–water partition coefficient (Wildman–Crippen LogP) is 1.84. The molecule has 5 heteroatoms. The van der Waals surface area contributed by atoms with Crippen LogP contribution in [0.1, 0.15) is 38.5 Å². The lowest BCUT2D eigenvalue weighted by Crippen LogP contribution is -2.36. The minimum atomic E-state index is 0.263. The van der Waals surface area contributed by atoms with E-state index in [9.17, 15) is 4.79 Å². The largest absolute Gasteiger partial charge is 0.388 e. The average Bonchev–Trinajstić information content (AvgIpc) is 2.34. The van der Waals surface area contributed by atoms with E-state index in [1.165, 1.54) is 6.42 Å². The van der Waals surface area contributed by atoms with Crippen LogP contribution < -0.4 is 5.73 Å². The summed E-state index contributed by atoms with van der Waals surface area (Å²) in [6.45, 7) is 1.90. The van der Waals surface area contributed by atoms with Gasteiger partial charge in [0.25, 0.3) is 0 Å². The highest BCUT2D eigenvalue weighted by atomic mass is 32.2. The zero-order valence-electron chi connectivity index (χ0n) is 10.4. The fraction of sp³-hybridized carbons (Fsp3) is 0.833. The normalized spacial score (nSPS) is 15.9. The molecule has 0 spiro atoms. The average molecular weight is 257 g/mol. The van der Waals surface area contributed by atoms with E-state index in [0.29, 0.717) is 18.1 Å². The number of piperidine rings is 1. The van der Waals surface area contributed by atoms with Crippen molar-refractivity contribution in [3.8, 4) is 0 Å². The molecule has 0 aromatic heterocycles. The summed E-state index contributed by atoms with van der Waals surface area (Å²) < 4.78 is 0. The zero-order valence-corrected chi connectivity index (χ0v) is 11.2. The summed E-state index contributed by atoms with van der Waals surface area (Å²) >= 11 is 1.70. The summed E-state index contributed by atoms with van der Waals surface area (Å²) in [4.78, 5) is 13.8. The maximum Gasteiger partial charge on any atom is 0.232 e. The SMILES string of the molecule is N=C(N)CCCCSCC(=O)N1CCCCC1. The van der Waals surface area contributed by atoms with Crippen LogP contribution in [-0.4, -0.2) is 41.2 Å². The van der Waals surface area contributed by atoms with Crippen LogP contribution in [0.3, 0.4) is 0 Å². The lowest BCUT2D eigenvalue weighted by molar-refractivity contribution is -0.129. The third-order valence-electron chi connectivity index (χ3n) is 2.92. The Bertz CT molecular complexity index is 252. The summed E-state index contributed by atoms with van der Waals surface area (Å²) in [6.07, 6.45) is 6.27. The van der Waals surface area contributed by atoms with Gasteiger partial charge in [0.2, 0.25) is 5.91 Å². The van der Waals surface area contributed by atoms with E-state index in [0.717, 1.165) is 44.5 Å². The van der Waals surface area contributed by atoms with Gasteiger partial charge in [0.1, 0.15) is 0 Å². The second kappa shape index (κ2) is 8.39. The van der Waals surface area contributed by atoms with Crippen molar-refractivity contribution in [3.05, 3.63) is 0 Å². The molecular weight excluding hydrogens is 234 g/mol. The number of unbranched alkanes of at least 4 members (excludes halogenated alkanes) is 1. The third kappa shape index (κ3) is 6.56. The smallest absolute Gasteiger partial charge is 0.232 e. The molecule has 17 heavy (non-hydrogen) atoms. The van der Waals surface area contributed by atoms with Crippen LogP contribution in [0.25, 0.3) is 0 Å². The molecular formula is C12H23N3OS. The van der Waals surface area contributed by atoms with Crippen LogP contribution in [0, 0.1) is 5.41 Å². The van der Waals surface area contributed by atoms with Crippen LogP contribution in [0.2, 0.25) is 0 Å². The number of amides is 1. The number of carbonyl (C=O) groups is 1. The minimum Gasteiger partial charge on any atom is -0.388 e. The van der Waals surface area contributed by atoms with Gasteiger partial charge in [0, 0.05) is 19.5 Å². The molecule has 0 radical (unpaired) electrons. The van der Waals surface area contributed by atoms with Crippen molar-refractivity contribution < 1.29 is 4.79 Å². The molecule has 3 N–H and O–H groups in total. The van der Waals surface area contributed by atoms with Gasteiger partial charge in [-0.1, -0.05) is 0 Å². The maximum atomic E-state index is 11.8. The molecule has 1 rings (SSSR count). The quantitative estimate of drug-likeness (QED) is 0.415. The first-order chi connectivity index (χ1) is 8.20. The van der Waals surface area contributed by atoms with Crippen molar-refractivity contribution in [3.63, 3.8) is 0 Å². The van der Waals surface area contributed by atoms with Crippen molar-refractivity contribution in [2.24, 2.45) is 5.73 Å². The van der Waals surface area contributed by atoms with Crippen LogP contribution >= 0.6 is 11.8 Å². The van der Waals surface area contributed by atoms with Crippen LogP contribution in [0.4, 0.5) is 0 Å². The van der Waals surface area contributed by atoms with Gasteiger partial charge < -0.3 is 10.6 Å². The highest BCUT2D eigenvalue weighted by Gasteiger charge is 2.15. The Morgan fingerprint density at radius 2 is 1.94 bits per heavy atom. The number of nitrogens with two attached hydrogens (primary N) is 1. The van der Waals surface area contributed by atoms with Crippen molar-refractivity contribution >= 4 is 23.5 Å². The van der Waals surface area contributed by atoms with Crippen molar-refractivity contribution in [1.29, 1.82) is 5.41 Å². The highest BCUT2D eigenvalue weighted by molar-refractivity contribution is 7.99. The molecule has 0 bridgehead atoms. The van der Waals surface area contributed by atoms with Crippen LogP contribution in [0.5, 0.6) is 0 Å². The Morgan fingerprint density at radius 3 is 2.59 bits per heavy atom. The summed E-state index contributed by atoms with van der Waals surface area (Å²) in [5.41, 5.74) is 5.27. The monoisotopic (exact) mass is 257 g/mol. The van der Waals surface area contributed by atoms with E-state index in [1.807, 2.05) is 4.90 Å². The first-order valence-corrected chi connectivity index (χ1v) is 7.54. The van der Waals surface area contributed by atoms with Crippen molar-refractivity contribution in [2.75, 3.05) is 24.6 Å². The molecule has 4 nitrogen and oxygen atoms in total. The molecule has 0 aliphatic carbocycles. The molecule has 1 fully saturated rings. The third-order valence-corrected chi connectivity index (χ3v) is 3.95. The Hall–Kier alpha value is -0.710. The molecule has 1 aliphatic heterocycles. The van der Waals surface area contributed by atoms with E-state index >= 15 is 0 Å². The van der Waals surface area contributed by atoms with Crippen molar-refractivity contribution in [1.82, 2.24) is 4.90 Å².